The summed E-state index contributed by atoms with van der Waals surface area (Å²) in [5.74, 6) is -9.26. The van der Waals surface area contributed by atoms with Crippen molar-refractivity contribution in [2.24, 2.45) is 0 Å². The molecule has 618 valence electrons. The Balaban J connectivity index is 0.0000160. The summed E-state index contributed by atoms with van der Waals surface area (Å²) in [7, 11) is 0. The van der Waals surface area contributed by atoms with Gasteiger partial charge in [0, 0.05) is 44.8 Å². The van der Waals surface area contributed by atoms with Gasteiger partial charge in [0.25, 0.3) is 0 Å². The van der Waals surface area contributed by atoms with Crippen molar-refractivity contribution in [3.05, 3.63) is 68.6 Å². The summed E-state index contributed by atoms with van der Waals surface area (Å²) < 4.78 is 531. The molecule has 7 aromatic rings. The molecule has 9 rings (SSSR count). The smallest absolute Gasteiger partial charge is 0.483 e. The van der Waals surface area contributed by atoms with E-state index >= 15 is 0 Å². The summed E-state index contributed by atoms with van der Waals surface area (Å²) in [5, 5.41) is -7.44. The molecule has 0 radical (unpaired) electrons. The summed E-state index contributed by atoms with van der Waals surface area (Å²) >= 11 is 25.1. The molecule has 8 bridgehead atoms. The van der Waals surface area contributed by atoms with Crippen LogP contribution in [0, 0.1) is 0 Å². The average Bonchev–Trinajstić information content (AvgIpc) is 1.57. The molecule has 61 heteroatoms. The maximum absolute atomic E-state index is 14.9. The van der Waals surface area contributed by atoms with Gasteiger partial charge >= 0.3 is 118 Å². The van der Waals surface area contributed by atoms with E-state index in [0.717, 1.165) is 0 Å². The summed E-state index contributed by atoms with van der Waals surface area (Å²) in [6.45, 7) is -11.1. The number of fused-ring (bicyclic) bond motifs is 20. The van der Waals surface area contributed by atoms with Gasteiger partial charge in [0.05, 0.1) is 43.4 Å². The molecule has 0 unspecified atom stereocenters. The number of alkyl halides is 36. The molecule has 113 heavy (non-hydrogen) atoms. The van der Waals surface area contributed by atoms with Crippen LogP contribution in [0.1, 0.15) is 0 Å². The van der Waals surface area contributed by atoms with Crippen molar-refractivity contribution < 1.29 is 234 Å². The third-order valence-corrected chi connectivity index (χ3v) is 14.1. The number of nitrogens with zero attached hydrogens (tertiary/aromatic N) is 8. The van der Waals surface area contributed by atoms with E-state index in [9.17, 15) is 158 Å². The van der Waals surface area contributed by atoms with Crippen molar-refractivity contribution in [2.45, 2.75) is 98.8 Å². The third-order valence-electron chi connectivity index (χ3n) is 12.9. The zero-order valence-corrected chi connectivity index (χ0v) is 57.7. The molecule has 2 aliphatic rings. The first kappa shape index (κ1) is 90.9. The monoisotopic (exact) mass is 1830 g/mol. The van der Waals surface area contributed by atoms with Crippen LogP contribution in [-0.2, 0) is 57.4 Å². The van der Waals surface area contributed by atoms with Gasteiger partial charge in [-0.3, -0.25) is 0 Å². The molecule has 0 fully saturated rings. The first-order valence-electron chi connectivity index (χ1n) is 27.4. The van der Waals surface area contributed by atoms with Crippen LogP contribution in [0.3, 0.4) is 0 Å². The molecular formula is C52H16Cl4F36N8O12Zn. The summed E-state index contributed by atoms with van der Waals surface area (Å²) in [6.07, 6.45) is -105. The molecule has 2 aliphatic heterocycles. The molecule has 0 amide bonds. The molecule has 0 atom stereocenters. The second-order valence-electron chi connectivity index (χ2n) is 21.2. The Morgan fingerprint density at radius 1 is 0.239 bits per heavy atom. The average molecular weight is 1840 g/mol. The molecule has 3 aromatic heterocycles. The summed E-state index contributed by atoms with van der Waals surface area (Å²) in [5.41, 5.74) is -7.14. The SMILES string of the molecule is FC(F)(F)OC(F)(F)C(F)(F)OC(F)(F)COc1cc2c(cc1Cl)-c1nc-2nc2[n-]c(nc3nc(nc4[n-]c(n1)c1cc(OCC(F)(F)OC(F)(F)C(F)(F)OC(F)(F)F)c(Cl)cc41)-c1cc(OCC(F)(F)OC(F)(F)C(F)(F)OC(F)(F)F)c(Cl)cc1-3)c1cc(OCC(F)(F)OC(F)(F)C(F)(F)OC(F)(F)F)c(Cl)cc21.[Zn+2]. The van der Waals surface area contributed by atoms with E-state index in [4.69, 9.17) is 65.4 Å². The van der Waals surface area contributed by atoms with Crippen LogP contribution in [0.4, 0.5) is 158 Å². The van der Waals surface area contributed by atoms with Gasteiger partial charge in [-0.05, 0) is 70.1 Å². The van der Waals surface area contributed by atoms with Gasteiger partial charge in [0.1, 0.15) is 23.0 Å². The fraction of sp³-hybridized carbons (Fsp3) is 0.385. The van der Waals surface area contributed by atoms with Crippen molar-refractivity contribution in [1.29, 1.82) is 0 Å². The molecule has 0 saturated heterocycles. The zero-order chi connectivity index (χ0) is 84.5. The molecule has 0 saturated carbocycles. The first-order chi connectivity index (χ1) is 50.4. The Bertz CT molecular complexity index is 4660. The number of hydrogen-bond donors (Lipinski definition) is 0. The minimum atomic E-state index is -6.94. The minimum Gasteiger partial charge on any atom is -0.483 e. The van der Waals surface area contributed by atoms with Crippen molar-refractivity contribution in [2.75, 3.05) is 26.4 Å². The van der Waals surface area contributed by atoms with E-state index in [-0.39, 0.29) is 19.5 Å². The van der Waals surface area contributed by atoms with Gasteiger partial charge in [-0.25, -0.2) is 47.9 Å². The second-order valence-corrected chi connectivity index (χ2v) is 22.9. The fourth-order valence-corrected chi connectivity index (χ4v) is 9.55. The molecular weight excluding hydrogens is 1820 g/mol. The summed E-state index contributed by atoms with van der Waals surface area (Å²) in [6, 6.07) is 3.55. The topological polar surface area (TPSA) is 216 Å². The predicted octanol–water partition coefficient (Wildman–Crippen LogP) is 19.6. The summed E-state index contributed by atoms with van der Waals surface area (Å²) in [4.78, 5) is 32.9. The molecule has 0 spiro atoms. The second kappa shape index (κ2) is 30.1. The molecule has 4 aromatic carbocycles. The van der Waals surface area contributed by atoms with Crippen LogP contribution in [0.5, 0.6) is 23.0 Å². The Labute approximate surface area is 625 Å². The zero-order valence-electron chi connectivity index (χ0n) is 51.7. The number of ether oxygens (including phenoxy) is 12. The number of halogens is 40. The van der Waals surface area contributed by atoms with E-state index in [0.29, 0.717) is 48.5 Å². The molecule has 0 aliphatic carbocycles. The van der Waals surface area contributed by atoms with Crippen LogP contribution in [-0.4, -0.2) is 155 Å². The Morgan fingerprint density at radius 3 is 0.628 bits per heavy atom. The van der Waals surface area contributed by atoms with E-state index in [1.54, 1.807) is 0 Å². The van der Waals surface area contributed by atoms with Gasteiger partial charge in [0.2, 0.25) is 0 Å². The van der Waals surface area contributed by atoms with Gasteiger partial charge in [-0.2, -0.15) is 105 Å². The van der Waals surface area contributed by atoms with Gasteiger partial charge in [-0.15, -0.1) is 52.7 Å². The number of hydrogen-bond acceptors (Lipinski definition) is 18. The van der Waals surface area contributed by atoms with Gasteiger partial charge in [0.15, 0.2) is 26.4 Å². The number of aromatic nitrogens is 8. The van der Waals surface area contributed by atoms with E-state index in [2.05, 4.69) is 58.8 Å². The van der Waals surface area contributed by atoms with Crippen molar-refractivity contribution >= 4 is 90.5 Å². The first-order valence-corrected chi connectivity index (χ1v) is 28.9. The normalized spacial score (nSPS) is 14.4. The van der Waals surface area contributed by atoms with Crippen LogP contribution in [0.15, 0.2) is 48.5 Å². The van der Waals surface area contributed by atoms with Crippen molar-refractivity contribution in [3.63, 3.8) is 0 Å². The van der Waals surface area contributed by atoms with Crippen LogP contribution >= 0.6 is 46.4 Å². The van der Waals surface area contributed by atoms with Crippen molar-refractivity contribution in [3.8, 4) is 68.5 Å². The van der Waals surface area contributed by atoms with Crippen LogP contribution in [0.25, 0.3) is 89.7 Å². The standard InChI is InChI=1S/C52H16Cl4F36N8O12.Zn/c53-21-1-13-17(5-25(21)101-9-37(57,58)105-41(65,66)45(73,74)109-49(81,82)83)33-93-29(13)97-34-18-6-26(102-10-38(59,60)106-42(67,68)46(75,76)110-50(84,85)86)22(54)2-14(18)31(94-34)99-36-20-8-28(104-12-40(63,64)108-44(71,72)48(79,80)112-52(90,91)92)24(56)4-16(20)32(96-36)100-35-19-7-27(23(55)3-15(19)30(95-35)98-33)103-11-39(61,62)107-43(69,70)47(77,78)111-51(87,88)89;/h1-8H,9-12H2;/q-2;+2. The van der Waals surface area contributed by atoms with Crippen molar-refractivity contribution in [1.82, 2.24) is 39.9 Å². The molecule has 20 nitrogen and oxygen atoms in total. The van der Waals surface area contributed by atoms with Crippen LogP contribution < -0.4 is 28.9 Å². The largest absolute Gasteiger partial charge is 2.00 e. The maximum atomic E-state index is 14.9. The molecule has 5 heterocycles. The van der Waals surface area contributed by atoms with Crippen LogP contribution in [0.2, 0.25) is 20.1 Å². The quantitative estimate of drug-likeness (QED) is 0.0329. The fourth-order valence-electron chi connectivity index (χ4n) is 8.67. The van der Waals surface area contributed by atoms with E-state index in [1.807, 2.05) is 18.9 Å². The number of benzene rings is 4. The number of rotatable bonds is 28. The Morgan fingerprint density at radius 2 is 0.416 bits per heavy atom. The van der Waals surface area contributed by atoms with Gasteiger partial charge < -0.3 is 48.9 Å². The third kappa shape index (κ3) is 21.0. The van der Waals surface area contributed by atoms with E-state index in [1.165, 1.54) is 0 Å². The van der Waals surface area contributed by atoms with Gasteiger partial charge in [-0.1, -0.05) is 46.4 Å². The Kier molecular flexibility index (Phi) is 24.3. The minimum absolute atomic E-state index is 0. The molecule has 0 N–H and O–H groups in total. The van der Waals surface area contributed by atoms with E-state index < -0.39 is 258 Å². The predicted molar refractivity (Wildman–Crippen MR) is 288 cm³/mol. The maximum Gasteiger partial charge on any atom is 2.00 e. The Hall–Kier alpha value is -7.62.